The molecule has 0 rings (SSSR count). The summed E-state index contributed by atoms with van der Waals surface area (Å²) in [7, 11) is 3.36. The second-order valence-electron chi connectivity index (χ2n) is 2.84. The van der Waals surface area contributed by atoms with E-state index in [1.807, 2.05) is 0 Å². The van der Waals surface area contributed by atoms with Crippen molar-refractivity contribution >= 4 is 33.4 Å². The number of quaternary nitrogens is 2. The number of carbonyl (C=O) groups excluding carboxylic acids is 2. The smallest absolute Gasteiger partial charge is 0.275 e. The topological polar surface area (TPSA) is 113 Å². The minimum atomic E-state index is -0.0201. The van der Waals surface area contributed by atoms with E-state index in [-0.39, 0.29) is 58.9 Å². The largest absolute Gasteiger partial charge is 1.00 e. The van der Waals surface area contributed by atoms with Crippen molar-refractivity contribution in [1.29, 1.82) is 0 Å². The molecule has 0 fully saturated rings. The lowest BCUT2D eigenvalue weighted by atomic mass is 10.6. The molecule has 10 heteroatoms. The lowest BCUT2D eigenvalue weighted by Crippen LogP contribution is -3.00. The van der Waals surface area contributed by atoms with E-state index in [9.17, 15) is 9.59 Å². The van der Waals surface area contributed by atoms with E-state index in [0.29, 0.717) is 13.1 Å². The normalized spacial score (nSPS) is 8.78. The molecule has 0 unspecified atom stereocenters. The molecule has 0 aromatic heterocycles. The van der Waals surface area contributed by atoms with Crippen molar-refractivity contribution in [2.75, 3.05) is 37.7 Å². The molecule has 0 heterocycles. The van der Waals surface area contributed by atoms with Gasteiger partial charge in [-0.15, -0.1) is 0 Å². The van der Waals surface area contributed by atoms with Crippen LogP contribution in [-0.2, 0) is 9.59 Å². The predicted molar refractivity (Wildman–Crippen MR) is 66.4 cm³/mol. The highest BCUT2D eigenvalue weighted by Crippen LogP contribution is 2.19. The summed E-state index contributed by atoms with van der Waals surface area (Å²) in [6.45, 7) is 1.90. The SMILES string of the molecule is [Br-].[Br-].[NH3+]CC(=O)NCCSSCCNC(=O)C[NH3+]. The predicted octanol–water partition coefficient (Wildman–Crippen LogP) is -8.91. The van der Waals surface area contributed by atoms with Crippen molar-refractivity contribution in [3.05, 3.63) is 0 Å². The molecular formula is C8H20Br2N4O2S2. The van der Waals surface area contributed by atoms with Crippen LogP contribution in [0.5, 0.6) is 0 Å². The molecule has 0 aliphatic heterocycles. The fourth-order valence-electron chi connectivity index (χ4n) is 0.759. The lowest BCUT2D eigenvalue weighted by Gasteiger charge is -2.03. The van der Waals surface area contributed by atoms with Crippen molar-refractivity contribution in [3.63, 3.8) is 0 Å². The van der Waals surface area contributed by atoms with Crippen LogP contribution in [0.1, 0.15) is 0 Å². The van der Waals surface area contributed by atoms with Gasteiger partial charge in [-0.25, -0.2) is 0 Å². The molecule has 110 valence electrons. The maximum Gasteiger partial charge on any atom is 0.275 e. The van der Waals surface area contributed by atoms with Crippen LogP contribution in [0.15, 0.2) is 0 Å². The van der Waals surface area contributed by atoms with Gasteiger partial charge < -0.3 is 56.1 Å². The fraction of sp³-hybridized carbons (Fsp3) is 0.750. The van der Waals surface area contributed by atoms with Gasteiger partial charge in [-0.05, 0) is 0 Å². The zero-order chi connectivity index (χ0) is 12.2. The van der Waals surface area contributed by atoms with Crippen molar-refractivity contribution in [3.8, 4) is 0 Å². The molecule has 0 radical (unpaired) electrons. The Bertz CT molecular complexity index is 203. The highest BCUT2D eigenvalue weighted by Gasteiger charge is 1.99. The lowest BCUT2D eigenvalue weighted by molar-refractivity contribution is -0.355. The number of hydrogen-bond donors (Lipinski definition) is 4. The number of carbonyl (C=O) groups is 2. The van der Waals surface area contributed by atoms with Crippen LogP contribution in [0.4, 0.5) is 0 Å². The molecule has 18 heavy (non-hydrogen) atoms. The number of halogens is 2. The standard InChI is InChI=1S/C8H18N4O2S2.2BrH/c9-5-7(13)11-1-3-15-16-4-2-12-8(14)6-10;;/h1-6,9-10H2,(H,11,13)(H,12,14);2*1H. The van der Waals surface area contributed by atoms with Crippen LogP contribution in [0.2, 0.25) is 0 Å². The summed E-state index contributed by atoms with van der Waals surface area (Å²) in [6.07, 6.45) is 0. The van der Waals surface area contributed by atoms with E-state index >= 15 is 0 Å². The minimum Gasteiger partial charge on any atom is -1.00 e. The molecule has 0 saturated carbocycles. The molecule has 6 nitrogen and oxygen atoms in total. The molecule has 0 aromatic rings. The molecule has 0 bridgehead atoms. The molecule has 0 spiro atoms. The maximum atomic E-state index is 10.8. The van der Waals surface area contributed by atoms with Gasteiger partial charge in [0.15, 0.2) is 13.1 Å². The monoisotopic (exact) mass is 426 g/mol. The number of amides is 2. The molecular weight excluding hydrogens is 408 g/mol. The van der Waals surface area contributed by atoms with Crippen LogP contribution < -0.4 is 56.1 Å². The number of rotatable bonds is 9. The molecule has 8 N–H and O–H groups in total. The summed E-state index contributed by atoms with van der Waals surface area (Å²) in [5.41, 5.74) is 6.96. The number of hydrogen-bond acceptors (Lipinski definition) is 4. The maximum absolute atomic E-state index is 10.8. The Balaban J connectivity index is -0.00000112. The van der Waals surface area contributed by atoms with Gasteiger partial charge in [0.2, 0.25) is 0 Å². The summed E-state index contributed by atoms with van der Waals surface area (Å²) in [5, 5.41) is 5.47. The summed E-state index contributed by atoms with van der Waals surface area (Å²) in [5.74, 6) is 1.68. The van der Waals surface area contributed by atoms with E-state index in [1.165, 1.54) is 0 Å². The van der Waals surface area contributed by atoms with Gasteiger partial charge in [0.1, 0.15) is 0 Å². The Morgan fingerprint density at radius 1 is 0.833 bits per heavy atom. The summed E-state index contributed by atoms with van der Waals surface area (Å²) in [6, 6.07) is 0. The summed E-state index contributed by atoms with van der Waals surface area (Å²) >= 11 is 0. The van der Waals surface area contributed by atoms with E-state index < -0.39 is 0 Å². The van der Waals surface area contributed by atoms with Crippen LogP contribution in [0.25, 0.3) is 0 Å². The second-order valence-corrected chi connectivity index (χ2v) is 5.55. The Morgan fingerprint density at radius 2 is 1.17 bits per heavy atom. The van der Waals surface area contributed by atoms with Gasteiger partial charge >= 0.3 is 0 Å². The highest BCUT2D eigenvalue weighted by atomic mass is 79.9. The van der Waals surface area contributed by atoms with Crippen LogP contribution >= 0.6 is 21.6 Å². The zero-order valence-electron chi connectivity index (χ0n) is 10.0. The first kappa shape index (κ1) is 23.6. The first-order valence-corrected chi connectivity index (χ1v) is 7.55. The van der Waals surface area contributed by atoms with Gasteiger partial charge in [-0.2, -0.15) is 0 Å². The highest BCUT2D eigenvalue weighted by molar-refractivity contribution is 8.76. The third-order valence-electron chi connectivity index (χ3n) is 1.55. The Morgan fingerprint density at radius 3 is 1.44 bits per heavy atom. The third kappa shape index (κ3) is 16.5. The van der Waals surface area contributed by atoms with Crippen molar-refractivity contribution in [2.24, 2.45) is 0 Å². The van der Waals surface area contributed by atoms with Gasteiger partial charge in [0, 0.05) is 24.6 Å². The molecule has 0 aromatic carbocycles. The van der Waals surface area contributed by atoms with Crippen LogP contribution in [-0.4, -0.2) is 49.5 Å². The Hall–Kier alpha value is 0.520. The zero-order valence-corrected chi connectivity index (χ0v) is 14.9. The Labute approximate surface area is 136 Å². The quantitative estimate of drug-likeness (QED) is 0.216. The molecule has 0 aliphatic rings. The first-order valence-electron chi connectivity index (χ1n) is 5.07. The van der Waals surface area contributed by atoms with Crippen molar-refractivity contribution < 1.29 is 55.0 Å². The van der Waals surface area contributed by atoms with Crippen molar-refractivity contribution in [2.45, 2.75) is 0 Å². The van der Waals surface area contributed by atoms with Gasteiger partial charge in [0.05, 0.1) is 0 Å². The van der Waals surface area contributed by atoms with Crippen LogP contribution in [0.3, 0.4) is 0 Å². The van der Waals surface area contributed by atoms with E-state index in [2.05, 4.69) is 22.1 Å². The van der Waals surface area contributed by atoms with Crippen LogP contribution in [0, 0.1) is 0 Å². The fourth-order valence-corrected chi connectivity index (χ4v) is 2.57. The summed E-state index contributed by atoms with van der Waals surface area (Å²) < 4.78 is 0. The molecule has 0 saturated heterocycles. The average Bonchev–Trinajstić information content (AvgIpc) is 2.31. The number of nitrogens with one attached hydrogen (secondary N) is 2. The van der Waals surface area contributed by atoms with E-state index in [1.54, 1.807) is 21.6 Å². The summed E-state index contributed by atoms with van der Waals surface area (Å²) in [4.78, 5) is 21.6. The minimum absolute atomic E-state index is 0. The van der Waals surface area contributed by atoms with E-state index in [4.69, 9.17) is 0 Å². The first-order chi connectivity index (χ1) is 7.70. The van der Waals surface area contributed by atoms with Gasteiger partial charge in [0.25, 0.3) is 11.8 Å². The average molecular weight is 428 g/mol. The van der Waals surface area contributed by atoms with Crippen molar-refractivity contribution in [1.82, 2.24) is 10.6 Å². The van der Waals surface area contributed by atoms with Gasteiger partial charge in [-0.3, -0.25) is 9.59 Å². The molecule has 2 amide bonds. The second kappa shape index (κ2) is 17.5. The Kier molecular flexibility index (Phi) is 23.0. The molecule has 0 atom stereocenters. The van der Waals surface area contributed by atoms with Gasteiger partial charge in [-0.1, -0.05) is 21.6 Å². The molecule has 0 aliphatic carbocycles. The third-order valence-corrected chi connectivity index (χ3v) is 3.96. The van der Waals surface area contributed by atoms with E-state index in [0.717, 1.165) is 11.5 Å².